The van der Waals surface area contributed by atoms with Gasteiger partial charge in [0.25, 0.3) is 0 Å². The molecular weight excluding hydrogens is 383 g/mol. The maximum absolute atomic E-state index is 12.1. The van der Waals surface area contributed by atoms with E-state index in [1.807, 2.05) is 0 Å². The molecule has 1 saturated carbocycles. The number of nitrogens with two attached hydrogens (primary N) is 1. The average molecular weight is 402 g/mol. The summed E-state index contributed by atoms with van der Waals surface area (Å²) in [6.07, 6.45) is -1.75. The fraction of sp³-hybridized carbons (Fsp3) is 0.500. The molecule has 0 spiro atoms. The Labute approximate surface area is 149 Å². The molecule has 6 nitrogen and oxygen atoms in total. The number of carbonyl (C=O) groups excluding carboxylic acids is 1. The minimum Gasteiger partial charge on any atom is -0.324 e. The van der Waals surface area contributed by atoms with Crippen molar-refractivity contribution >= 4 is 34.0 Å². The molecule has 25 heavy (non-hydrogen) atoms. The summed E-state index contributed by atoms with van der Waals surface area (Å²) < 4.78 is 61.3. The molecule has 0 heterocycles. The molecule has 0 atom stereocenters. The quantitative estimate of drug-likeness (QED) is 0.703. The van der Waals surface area contributed by atoms with Crippen LogP contribution < -0.4 is 15.8 Å². The average Bonchev–Trinajstić information content (AvgIpc) is 2.93. The van der Waals surface area contributed by atoms with Crippen molar-refractivity contribution in [3.63, 3.8) is 0 Å². The summed E-state index contributed by atoms with van der Waals surface area (Å²) in [4.78, 5) is 11.8. The second-order valence-corrected chi connectivity index (χ2v) is 7.55. The van der Waals surface area contributed by atoms with Gasteiger partial charge in [-0.1, -0.05) is 12.8 Å². The van der Waals surface area contributed by atoms with Crippen LogP contribution in [-0.4, -0.2) is 32.6 Å². The number of rotatable bonds is 5. The number of sulfonamides is 1. The summed E-state index contributed by atoms with van der Waals surface area (Å²) in [5.74, 6) is -0.356. The predicted octanol–water partition coefficient (Wildman–Crippen LogP) is 2.16. The number of carbonyl (C=O) groups is 1. The molecule has 1 amide bonds. The number of nitrogens with one attached hydrogen (secondary N) is 2. The lowest BCUT2D eigenvalue weighted by Crippen LogP contribution is -2.48. The van der Waals surface area contributed by atoms with Gasteiger partial charge in [-0.3, -0.25) is 4.79 Å². The van der Waals surface area contributed by atoms with Crippen LogP contribution in [0.5, 0.6) is 0 Å². The second kappa shape index (κ2) is 7.90. The van der Waals surface area contributed by atoms with E-state index >= 15 is 0 Å². The molecule has 0 aromatic heterocycles. The lowest BCUT2D eigenvalue weighted by atomic mass is 9.98. The van der Waals surface area contributed by atoms with E-state index in [-0.39, 0.29) is 23.2 Å². The highest BCUT2D eigenvalue weighted by Gasteiger charge is 2.37. The number of amides is 1. The monoisotopic (exact) mass is 401 g/mol. The number of anilines is 1. The van der Waals surface area contributed by atoms with Crippen LogP contribution in [0.3, 0.4) is 0 Å². The van der Waals surface area contributed by atoms with Crippen molar-refractivity contribution in [3.05, 3.63) is 24.3 Å². The number of alkyl halides is 3. The Morgan fingerprint density at radius 3 is 2.16 bits per heavy atom. The van der Waals surface area contributed by atoms with Gasteiger partial charge in [-0.05, 0) is 37.1 Å². The van der Waals surface area contributed by atoms with Gasteiger partial charge in [0.1, 0.15) is 6.54 Å². The van der Waals surface area contributed by atoms with E-state index in [4.69, 9.17) is 5.73 Å². The van der Waals surface area contributed by atoms with Crippen LogP contribution in [0, 0.1) is 0 Å². The lowest BCUT2D eigenvalue weighted by molar-refractivity contribution is -0.122. The number of halogens is 4. The first kappa shape index (κ1) is 21.7. The van der Waals surface area contributed by atoms with E-state index in [9.17, 15) is 26.4 Å². The summed E-state index contributed by atoms with van der Waals surface area (Å²) >= 11 is 0. The summed E-state index contributed by atoms with van der Waals surface area (Å²) in [6.45, 7) is -1.65. The Morgan fingerprint density at radius 2 is 1.68 bits per heavy atom. The van der Waals surface area contributed by atoms with Crippen molar-refractivity contribution in [2.24, 2.45) is 5.73 Å². The Balaban J connectivity index is 0.00000312. The molecule has 2 rings (SSSR count). The fourth-order valence-electron chi connectivity index (χ4n) is 2.47. The van der Waals surface area contributed by atoms with Crippen molar-refractivity contribution in [2.45, 2.75) is 42.3 Å². The molecule has 0 bridgehead atoms. The maximum Gasteiger partial charge on any atom is 0.402 e. The van der Waals surface area contributed by atoms with E-state index in [0.29, 0.717) is 18.5 Å². The predicted molar refractivity (Wildman–Crippen MR) is 88.9 cm³/mol. The van der Waals surface area contributed by atoms with Crippen LogP contribution in [0.2, 0.25) is 0 Å². The van der Waals surface area contributed by atoms with Crippen molar-refractivity contribution in [1.29, 1.82) is 0 Å². The summed E-state index contributed by atoms with van der Waals surface area (Å²) in [5.41, 5.74) is 5.40. The molecule has 1 aromatic rings. The fourth-order valence-corrected chi connectivity index (χ4v) is 3.48. The van der Waals surface area contributed by atoms with Gasteiger partial charge in [0.05, 0.1) is 10.4 Å². The van der Waals surface area contributed by atoms with E-state index in [0.717, 1.165) is 25.0 Å². The smallest absolute Gasteiger partial charge is 0.324 e. The van der Waals surface area contributed by atoms with Crippen LogP contribution in [0.15, 0.2) is 29.2 Å². The molecule has 0 aliphatic heterocycles. The Bertz CT molecular complexity index is 702. The highest BCUT2D eigenvalue weighted by Crippen LogP contribution is 2.28. The minimum atomic E-state index is -4.64. The normalized spacial score (nSPS) is 17.0. The lowest BCUT2D eigenvalue weighted by Gasteiger charge is -2.22. The molecule has 4 N–H and O–H groups in total. The van der Waals surface area contributed by atoms with E-state index < -0.39 is 28.3 Å². The van der Waals surface area contributed by atoms with Crippen LogP contribution >= 0.6 is 12.4 Å². The first-order valence-corrected chi connectivity index (χ1v) is 8.77. The molecule has 1 aromatic carbocycles. The molecular formula is C14H19ClF3N3O3S. The van der Waals surface area contributed by atoms with Crippen LogP contribution in [0.25, 0.3) is 0 Å². The van der Waals surface area contributed by atoms with Gasteiger partial charge < -0.3 is 11.1 Å². The molecule has 0 unspecified atom stereocenters. The van der Waals surface area contributed by atoms with Crippen molar-refractivity contribution in [1.82, 2.24) is 4.72 Å². The largest absolute Gasteiger partial charge is 0.402 e. The van der Waals surface area contributed by atoms with Gasteiger partial charge in [-0.15, -0.1) is 12.4 Å². The SMILES string of the molecule is Cl.NC1(C(=O)Nc2ccc(S(=O)(=O)NCC(F)(F)F)cc2)CCCC1. The summed E-state index contributed by atoms with van der Waals surface area (Å²) in [5, 5.41) is 2.60. The van der Waals surface area contributed by atoms with Gasteiger partial charge in [-0.2, -0.15) is 13.2 Å². The summed E-state index contributed by atoms with van der Waals surface area (Å²) in [7, 11) is -4.27. The zero-order valence-corrected chi connectivity index (χ0v) is 14.7. The third kappa shape index (κ3) is 5.84. The minimum absolute atomic E-state index is 0. The molecule has 0 radical (unpaired) electrons. The third-order valence-electron chi connectivity index (χ3n) is 3.83. The van der Waals surface area contributed by atoms with E-state index in [2.05, 4.69) is 5.32 Å². The molecule has 0 saturated heterocycles. The number of hydrogen-bond donors (Lipinski definition) is 3. The van der Waals surface area contributed by atoms with Crippen molar-refractivity contribution in [3.8, 4) is 0 Å². The van der Waals surface area contributed by atoms with Crippen LogP contribution in [0.4, 0.5) is 18.9 Å². The highest BCUT2D eigenvalue weighted by atomic mass is 35.5. The van der Waals surface area contributed by atoms with Gasteiger partial charge in [-0.25, -0.2) is 13.1 Å². The van der Waals surface area contributed by atoms with E-state index in [1.165, 1.54) is 16.9 Å². The number of hydrogen-bond acceptors (Lipinski definition) is 4. The highest BCUT2D eigenvalue weighted by molar-refractivity contribution is 7.89. The molecule has 1 fully saturated rings. The van der Waals surface area contributed by atoms with Crippen molar-refractivity contribution in [2.75, 3.05) is 11.9 Å². The van der Waals surface area contributed by atoms with Gasteiger partial charge in [0.15, 0.2) is 0 Å². The zero-order chi connectivity index (χ0) is 18.0. The van der Waals surface area contributed by atoms with Gasteiger partial charge >= 0.3 is 6.18 Å². The van der Waals surface area contributed by atoms with Crippen molar-refractivity contribution < 1.29 is 26.4 Å². The molecule has 142 valence electrons. The first-order chi connectivity index (χ1) is 11.0. The van der Waals surface area contributed by atoms with Crippen LogP contribution in [0.1, 0.15) is 25.7 Å². The Kier molecular flexibility index (Phi) is 6.85. The first-order valence-electron chi connectivity index (χ1n) is 7.29. The van der Waals surface area contributed by atoms with Gasteiger partial charge in [0.2, 0.25) is 15.9 Å². The van der Waals surface area contributed by atoms with Gasteiger partial charge in [0, 0.05) is 5.69 Å². The number of benzene rings is 1. The molecule has 1 aliphatic rings. The summed E-state index contributed by atoms with van der Waals surface area (Å²) in [6, 6.07) is 4.84. The Morgan fingerprint density at radius 1 is 1.16 bits per heavy atom. The second-order valence-electron chi connectivity index (χ2n) is 5.78. The molecule has 1 aliphatic carbocycles. The van der Waals surface area contributed by atoms with Crippen LogP contribution in [-0.2, 0) is 14.8 Å². The maximum atomic E-state index is 12.1. The molecule has 11 heteroatoms. The zero-order valence-electron chi connectivity index (χ0n) is 13.1. The standard InChI is InChI=1S/C14H18F3N3O3S.ClH/c15-14(16,17)9-19-24(22,23)11-5-3-10(4-6-11)20-12(21)13(18)7-1-2-8-13;/h3-6,19H,1-2,7-9,18H2,(H,20,21);1H. The Hall–Kier alpha value is -1.36. The third-order valence-corrected chi connectivity index (χ3v) is 5.25. The van der Waals surface area contributed by atoms with E-state index in [1.54, 1.807) is 0 Å². The topological polar surface area (TPSA) is 101 Å².